The van der Waals surface area contributed by atoms with E-state index in [1.54, 1.807) is 0 Å². The number of alkyl halides is 3. The fourth-order valence-electron chi connectivity index (χ4n) is 1.86. The largest absolute Gasteiger partial charge is 0.469 e. The first kappa shape index (κ1) is 17.5. The highest BCUT2D eigenvalue weighted by Gasteiger charge is 2.40. The van der Waals surface area contributed by atoms with Crippen LogP contribution in [0.4, 0.5) is 13.2 Å². The number of rotatable bonds is 4. The van der Waals surface area contributed by atoms with Crippen molar-refractivity contribution in [2.45, 2.75) is 24.9 Å². The van der Waals surface area contributed by atoms with Gasteiger partial charge in [-0.15, -0.1) is 0 Å². The van der Waals surface area contributed by atoms with Gasteiger partial charge in [0.2, 0.25) is 0 Å². The molecular formula is C13H15F3O4S. The van der Waals surface area contributed by atoms with Crippen LogP contribution in [0.25, 0.3) is 0 Å². The smallest absolute Gasteiger partial charge is 0.417 e. The van der Waals surface area contributed by atoms with Crippen LogP contribution in [0.15, 0.2) is 29.2 Å². The number of esters is 1. The lowest BCUT2D eigenvalue weighted by Gasteiger charge is -2.22. The van der Waals surface area contributed by atoms with Crippen LogP contribution in [0.3, 0.4) is 0 Å². The summed E-state index contributed by atoms with van der Waals surface area (Å²) in [6.45, 7) is 2.60. The zero-order valence-corrected chi connectivity index (χ0v) is 12.5. The van der Waals surface area contributed by atoms with Gasteiger partial charge in [0.15, 0.2) is 9.84 Å². The Labute approximate surface area is 120 Å². The van der Waals surface area contributed by atoms with Crippen molar-refractivity contribution in [1.82, 2.24) is 0 Å². The van der Waals surface area contributed by atoms with Gasteiger partial charge in [-0.2, -0.15) is 13.2 Å². The van der Waals surface area contributed by atoms with E-state index in [4.69, 9.17) is 0 Å². The molecule has 0 saturated carbocycles. The van der Waals surface area contributed by atoms with Gasteiger partial charge in [-0.05, 0) is 26.0 Å². The number of carbonyl (C=O) groups is 1. The van der Waals surface area contributed by atoms with Crippen LogP contribution in [-0.4, -0.2) is 27.2 Å². The Kier molecular flexibility index (Phi) is 4.72. The minimum absolute atomic E-state index is 0.692. The average molecular weight is 324 g/mol. The van der Waals surface area contributed by atoms with Crippen molar-refractivity contribution >= 4 is 15.8 Å². The number of halogens is 3. The van der Waals surface area contributed by atoms with Crippen LogP contribution in [0.1, 0.15) is 19.4 Å². The third kappa shape index (κ3) is 3.96. The maximum atomic E-state index is 12.9. The highest BCUT2D eigenvalue weighted by molar-refractivity contribution is 7.91. The van der Waals surface area contributed by atoms with Crippen molar-refractivity contribution in [3.63, 3.8) is 0 Å². The SMILES string of the molecule is COC(=O)C(C)(C)CS(=O)(=O)c1ccccc1C(F)(F)F. The molecule has 1 rings (SSSR count). The fraction of sp³-hybridized carbons (Fsp3) is 0.462. The Hall–Kier alpha value is -1.57. The van der Waals surface area contributed by atoms with Crippen LogP contribution >= 0.6 is 0 Å². The Morgan fingerprint density at radius 3 is 2.19 bits per heavy atom. The van der Waals surface area contributed by atoms with Crippen molar-refractivity contribution in [2.75, 3.05) is 12.9 Å². The van der Waals surface area contributed by atoms with Gasteiger partial charge in [0, 0.05) is 0 Å². The summed E-state index contributed by atoms with van der Waals surface area (Å²) >= 11 is 0. The Morgan fingerprint density at radius 1 is 1.19 bits per heavy atom. The van der Waals surface area contributed by atoms with Crippen molar-refractivity contribution in [2.24, 2.45) is 5.41 Å². The predicted molar refractivity (Wildman–Crippen MR) is 69.3 cm³/mol. The van der Waals surface area contributed by atoms with Crippen LogP contribution in [0.5, 0.6) is 0 Å². The van der Waals surface area contributed by atoms with Gasteiger partial charge in [0.1, 0.15) is 0 Å². The van der Waals surface area contributed by atoms with Crippen LogP contribution < -0.4 is 0 Å². The van der Waals surface area contributed by atoms with E-state index in [0.29, 0.717) is 6.07 Å². The highest BCUT2D eigenvalue weighted by atomic mass is 32.2. The number of hydrogen-bond donors (Lipinski definition) is 0. The minimum Gasteiger partial charge on any atom is -0.469 e. The maximum absolute atomic E-state index is 12.9. The van der Waals surface area contributed by atoms with E-state index in [1.807, 2.05) is 0 Å². The lowest BCUT2D eigenvalue weighted by molar-refractivity contribution is -0.149. The third-order valence-corrected chi connectivity index (χ3v) is 4.94. The molecule has 8 heteroatoms. The molecule has 0 radical (unpaired) electrons. The van der Waals surface area contributed by atoms with Gasteiger partial charge >= 0.3 is 12.1 Å². The molecule has 118 valence electrons. The van der Waals surface area contributed by atoms with Crippen molar-refractivity contribution in [1.29, 1.82) is 0 Å². The second-order valence-electron chi connectivity index (χ2n) is 5.13. The van der Waals surface area contributed by atoms with E-state index in [1.165, 1.54) is 19.9 Å². The van der Waals surface area contributed by atoms with Gasteiger partial charge in [-0.1, -0.05) is 12.1 Å². The number of sulfone groups is 1. The normalized spacial score (nSPS) is 13.0. The minimum atomic E-state index is -4.79. The van der Waals surface area contributed by atoms with Gasteiger partial charge < -0.3 is 4.74 Å². The number of hydrogen-bond acceptors (Lipinski definition) is 4. The van der Waals surface area contributed by atoms with Gasteiger partial charge in [-0.25, -0.2) is 8.42 Å². The molecule has 1 aromatic carbocycles. The molecule has 0 aromatic heterocycles. The molecule has 0 aliphatic carbocycles. The molecule has 0 fully saturated rings. The Balaban J connectivity index is 3.31. The molecule has 0 heterocycles. The molecule has 1 aromatic rings. The Bertz CT molecular complexity index is 633. The first-order chi connectivity index (χ1) is 9.42. The topological polar surface area (TPSA) is 60.4 Å². The summed E-state index contributed by atoms with van der Waals surface area (Å²) in [5.74, 6) is -1.59. The molecular weight excluding hydrogens is 309 g/mol. The molecule has 0 spiro atoms. The second-order valence-corrected chi connectivity index (χ2v) is 7.09. The molecule has 4 nitrogen and oxygen atoms in total. The number of ether oxygens (including phenoxy) is 1. The quantitative estimate of drug-likeness (QED) is 0.799. The van der Waals surface area contributed by atoms with E-state index in [9.17, 15) is 26.4 Å². The standard InChI is InChI=1S/C13H15F3O4S/c1-12(2,11(17)20-3)8-21(18,19)10-7-5-4-6-9(10)13(14,15)16/h4-7H,8H2,1-3H3. The van der Waals surface area contributed by atoms with Crippen molar-refractivity contribution < 1.29 is 31.1 Å². The highest BCUT2D eigenvalue weighted by Crippen LogP contribution is 2.35. The maximum Gasteiger partial charge on any atom is 0.417 e. The summed E-state index contributed by atoms with van der Waals surface area (Å²) in [5.41, 5.74) is -2.70. The first-order valence-corrected chi connectivity index (χ1v) is 7.54. The lowest BCUT2D eigenvalue weighted by Crippen LogP contribution is -2.34. The van der Waals surface area contributed by atoms with E-state index in [0.717, 1.165) is 19.2 Å². The monoisotopic (exact) mass is 324 g/mol. The van der Waals surface area contributed by atoms with E-state index in [2.05, 4.69) is 4.74 Å². The fourth-order valence-corrected chi connectivity index (χ4v) is 3.89. The van der Waals surface area contributed by atoms with Crippen LogP contribution in [-0.2, 0) is 25.5 Å². The summed E-state index contributed by atoms with van der Waals surface area (Å²) in [6.07, 6.45) is -4.79. The molecule has 0 saturated heterocycles. The summed E-state index contributed by atoms with van der Waals surface area (Å²) in [4.78, 5) is 10.7. The molecule has 0 bridgehead atoms. The summed E-state index contributed by atoms with van der Waals surface area (Å²) in [6, 6.07) is 3.88. The molecule has 0 atom stereocenters. The second kappa shape index (κ2) is 5.67. The molecule has 0 aliphatic rings. The first-order valence-electron chi connectivity index (χ1n) is 5.89. The van der Waals surface area contributed by atoms with Gasteiger partial charge in [-0.3, -0.25) is 4.79 Å². The summed E-state index contributed by atoms with van der Waals surface area (Å²) in [5, 5.41) is 0. The van der Waals surface area contributed by atoms with Gasteiger partial charge in [0.05, 0.1) is 28.7 Å². The molecule has 21 heavy (non-hydrogen) atoms. The lowest BCUT2D eigenvalue weighted by atomic mass is 9.97. The molecule has 0 aliphatic heterocycles. The Morgan fingerprint density at radius 2 is 1.71 bits per heavy atom. The molecule has 0 N–H and O–H groups in total. The van der Waals surface area contributed by atoms with Crippen LogP contribution in [0, 0.1) is 5.41 Å². The average Bonchev–Trinajstić information content (AvgIpc) is 2.35. The number of benzene rings is 1. The van der Waals surface area contributed by atoms with Crippen LogP contribution in [0.2, 0.25) is 0 Å². The molecule has 0 amide bonds. The zero-order valence-electron chi connectivity index (χ0n) is 11.7. The third-order valence-electron chi connectivity index (χ3n) is 2.82. The number of methoxy groups -OCH3 is 1. The predicted octanol–water partition coefficient (Wildman–Crippen LogP) is 2.68. The van der Waals surface area contributed by atoms with Crippen molar-refractivity contribution in [3.05, 3.63) is 29.8 Å². The zero-order chi connectivity index (χ0) is 16.5. The summed E-state index contributed by atoms with van der Waals surface area (Å²) in [7, 11) is -3.22. The molecule has 0 unspecified atom stereocenters. The number of carbonyl (C=O) groups excluding carboxylic acids is 1. The van der Waals surface area contributed by atoms with E-state index < -0.39 is 43.6 Å². The van der Waals surface area contributed by atoms with Gasteiger partial charge in [0.25, 0.3) is 0 Å². The van der Waals surface area contributed by atoms with E-state index >= 15 is 0 Å². The van der Waals surface area contributed by atoms with Crippen molar-refractivity contribution in [3.8, 4) is 0 Å². The van der Waals surface area contributed by atoms with E-state index in [-0.39, 0.29) is 0 Å². The summed E-state index contributed by atoms with van der Waals surface area (Å²) < 4.78 is 67.6.